The van der Waals surface area contributed by atoms with Gasteiger partial charge in [-0.2, -0.15) is 0 Å². The summed E-state index contributed by atoms with van der Waals surface area (Å²) in [5.41, 5.74) is 2.56. The number of aliphatic hydroxyl groups is 2. The number of carbonyl (C=O) groups excluding carboxylic acids is 1. The van der Waals surface area contributed by atoms with Gasteiger partial charge in [0.05, 0.1) is 18.9 Å². The Bertz CT molecular complexity index is 1100. The summed E-state index contributed by atoms with van der Waals surface area (Å²) in [6.45, 7) is 4.98. The molecule has 0 aliphatic heterocycles. The first-order chi connectivity index (χ1) is 15.0. The van der Waals surface area contributed by atoms with Crippen molar-refractivity contribution in [2.45, 2.75) is 33.7 Å². The number of fused-ring (bicyclic) bond motifs is 1. The van der Waals surface area contributed by atoms with Crippen molar-refractivity contribution in [3.05, 3.63) is 69.6 Å². The zero-order chi connectivity index (χ0) is 22.4. The zero-order valence-electron chi connectivity index (χ0n) is 17.6. The summed E-state index contributed by atoms with van der Waals surface area (Å²) < 4.78 is 10.7. The molecule has 3 aromatic rings. The maximum atomic E-state index is 12.4. The summed E-state index contributed by atoms with van der Waals surface area (Å²) in [5.74, 6) is 0. The standard InChI is InChI=1S/C23H26N2O6/c1-3-25(4-2)18-8-9-19-17(10-21(28)31-20(19)11-18)14-30-23(29)24-22-15(12-26)6-5-7-16(22)13-27/h5-11,26-27H,3-4,12-14H2,1-2H3,(H,24,29). The first-order valence-electron chi connectivity index (χ1n) is 10.1. The quantitative estimate of drug-likeness (QED) is 0.474. The number of ether oxygens (including phenoxy) is 1. The maximum Gasteiger partial charge on any atom is 0.411 e. The highest BCUT2D eigenvalue weighted by molar-refractivity contribution is 5.87. The Labute approximate surface area is 179 Å². The van der Waals surface area contributed by atoms with Crippen molar-refractivity contribution in [2.24, 2.45) is 0 Å². The van der Waals surface area contributed by atoms with Crippen LogP contribution in [0.4, 0.5) is 16.2 Å². The largest absolute Gasteiger partial charge is 0.444 e. The molecule has 8 nitrogen and oxygen atoms in total. The van der Waals surface area contributed by atoms with Crippen molar-refractivity contribution in [1.82, 2.24) is 0 Å². The number of carbonyl (C=O) groups is 1. The Hall–Kier alpha value is -3.36. The molecule has 0 bridgehead atoms. The lowest BCUT2D eigenvalue weighted by atomic mass is 10.1. The van der Waals surface area contributed by atoms with E-state index in [1.165, 1.54) is 6.07 Å². The topological polar surface area (TPSA) is 112 Å². The van der Waals surface area contributed by atoms with E-state index in [4.69, 9.17) is 9.15 Å². The molecule has 2 aromatic carbocycles. The first-order valence-corrected chi connectivity index (χ1v) is 10.1. The molecule has 0 fully saturated rings. The zero-order valence-corrected chi connectivity index (χ0v) is 17.6. The van der Waals surface area contributed by atoms with E-state index in [-0.39, 0.29) is 19.8 Å². The molecule has 0 radical (unpaired) electrons. The average Bonchev–Trinajstić information content (AvgIpc) is 2.78. The van der Waals surface area contributed by atoms with Crippen LogP contribution < -0.4 is 15.8 Å². The first kappa shape index (κ1) is 22.3. The van der Waals surface area contributed by atoms with E-state index in [0.717, 1.165) is 18.8 Å². The molecule has 31 heavy (non-hydrogen) atoms. The molecule has 0 atom stereocenters. The number of aliphatic hydroxyl groups excluding tert-OH is 2. The van der Waals surface area contributed by atoms with Gasteiger partial charge in [-0.3, -0.25) is 5.32 Å². The third-order valence-corrected chi connectivity index (χ3v) is 5.11. The smallest absolute Gasteiger partial charge is 0.411 e. The molecule has 0 aliphatic rings. The van der Waals surface area contributed by atoms with Crippen LogP contribution >= 0.6 is 0 Å². The molecule has 164 valence electrons. The van der Waals surface area contributed by atoms with Gasteiger partial charge in [-0.25, -0.2) is 9.59 Å². The lowest BCUT2D eigenvalue weighted by Gasteiger charge is -2.21. The van der Waals surface area contributed by atoms with Crippen molar-refractivity contribution in [1.29, 1.82) is 0 Å². The minimum absolute atomic E-state index is 0.145. The SMILES string of the molecule is CCN(CC)c1ccc2c(COC(=O)Nc3c(CO)cccc3CO)cc(=O)oc2c1. The Morgan fingerprint density at radius 3 is 2.32 bits per heavy atom. The van der Waals surface area contributed by atoms with Crippen LogP contribution in [0, 0.1) is 0 Å². The van der Waals surface area contributed by atoms with Crippen molar-refractivity contribution < 1.29 is 24.2 Å². The fourth-order valence-corrected chi connectivity index (χ4v) is 3.48. The van der Waals surface area contributed by atoms with Gasteiger partial charge in [-0.05, 0) is 26.0 Å². The van der Waals surface area contributed by atoms with E-state index in [2.05, 4.69) is 10.2 Å². The lowest BCUT2D eigenvalue weighted by molar-refractivity contribution is 0.155. The molecule has 0 aliphatic carbocycles. The second kappa shape index (κ2) is 10.1. The highest BCUT2D eigenvalue weighted by Gasteiger charge is 2.14. The van der Waals surface area contributed by atoms with Gasteiger partial charge in [0.25, 0.3) is 0 Å². The van der Waals surface area contributed by atoms with E-state index in [1.807, 2.05) is 26.0 Å². The van der Waals surface area contributed by atoms with Crippen LogP contribution in [-0.2, 0) is 24.6 Å². The molecule has 0 spiro atoms. The van der Waals surface area contributed by atoms with Crippen molar-refractivity contribution in [2.75, 3.05) is 23.3 Å². The van der Waals surface area contributed by atoms with Crippen LogP contribution in [0.2, 0.25) is 0 Å². The van der Waals surface area contributed by atoms with Gasteiger partial charge in [0.2, 0.25) is 0 Å². The molecule has 3 rings (SSSR count). The summed E-state index contributed by atoms with van der Waals surface area (Å²) in [6.07, 6.45) is -0.767. The lowest BCUT2D eigenvalue weighted by Crippen LogP contribution is -2.21. The van der Waals surface area contributed by atoms with Crippen LogP contribution in [0.1, 0.15) is 30.5 Å². The number of anilines is 2. The average molecular weight is 426 g/mol. The summed E-state index contributed by atoms with van der Waals surface area (Å²) in [5, 5.41) is 22.2. The van der Waals surface area contributed by atoms with Gasteiger partial charge in [-0.1, -0.05) is 18.2 Å². The monoisotopic (exact) mass is 426 g/mol. The van der Waals surface area contributed by atoms with E-state index >= 15 is 0 Å². The van der Waals surface area contributed by atoms with Crippen LogP contribution in [-0.4, -0.2) is 29.4 Å². The van der Waals surface area contributed by atoms with Crippen molar-refractivity contribution in [3.63, 3.8) is 0 Å². The number of hydrogen-bond donors (Lipinski definition) is 3. The second-order valence-corrected chi connectivity index (χ2v) is 6.91. The Morgan fingerprint density at radius 1 is 1.03 bits per heavy atom. The third-order valence-electron chi connectivity index (χ3n) is 5.11. The van der Waals surface area contributed by atoms with Gasteiger partial charge < -0.3 is 24.3 Å². The number of nitrogens with one attached hydrogen (secondary N) is 1. The van der Waals surface area contributed by atoms with Gasteiger partial charge in [0, 0.05) is 53.0 Å². The van der Waals surface area contributed by atoms with Crippen LogP contribution in [0.3, 0.4) is 0 Å². The third kappa shape index (κ3) is 5.04. The van der Waals surface area contributed by atoms with Crippen molar-refractivity contribution >= 4 is 28.4 Å². The number of rotatable bonds is 8. The molecule has 0 saturated carbocycles. The fraction of sp³-hybridized carbons (Fsp3) is 0.304. The van der Waals surface area contributed by atoms with E-state index < -0.39 is 11.7 Å². The predicted octanol–water partition coefficient (Wildman–Crippen LogP) is 3.37. The van der Waals surface area contributed by atoms with E-state index in [0.29, 0.717) is 33.3 Å². The molecule has 0 unspecified atom stereocenters. The normalized spacial score (nSPS) is 10.8. The van der Waals surface area contributed by atoms with Crippen LogP contribution in [0.5, 0.6) is 0 Å². The number of nitrogens with zero attached hydrogens (tertiary/aromatic N) is 1. The Morgan fingerprint density at radius 2 is 1.71 bits per heavy atom. The van der Waals surface area contributed by atoms with Crippen molar-refractivity contribution in [3.8, 4) is 0 Å². The number of amides is 1. The molecular weight excluding hydrogens is 400 g/mol. The summed E-state index contributed by atoms with van der Waals surface area (Å²) in [6, 6.07) is 11.8. The predicted molar refractivity (Wildman–Crippen MR) is 118 cm³/mol. The molecule has 8 heteroatoms. The van der Waals surface area contributed by atoms with Gasteiger partial charge >= 0.3 is 11.7 Å². The van der Waals surface area contributed by atoms with Crippen LogP contribution in [0.25, 0.3) is 11.0 Å². The van der Waals surface area contributed by atoms with Gasteiger partial charge in [0.15, 0.2) is 0 Å². The molecular formula is C23H26N2O6. The molecule has 3 N–H and O–H groups in total. The molecule has 1 amide bonds. The fourth-order valence-electron chi connectivity index (χ4n) is 3.48. The minimum atomic E-state index is -0.767. The highest BCUT2D eigenvalue weighted by atomic mass is 16.5. The van der Waals surface area contributed by atoms with E-state index in [9.17, 15) is 19.8 Å². The summed E-state index contributed by atoms with van der Waals surface area (Å²) in [7, 11) is 0. The Kier molecular flexibility index (Phi) is 7.28. The van der Waals surface area contributed by atoms with Crippen LogP contribution in [0.15, 0.2) is 51.7 Å². The highest BCUT2D eigenvalue weighted by Crippen LogP contribution is 2.25. The molecule has 1 heterocycles. The minimum Gasteiger partial charge on any atom is -0.444 e. The van der Waals surface area contributed by atoms with Gasteiger partial charge in [-0.15, -0.1) is 0 Å². The van der Waals surface area contributed by atoms with E-state index in [1.54, 1.807) is 24.3 Å². The number of para-hydroxylation sites is 1. The molecule has 1 aromatic heterocycles. The Balaban J connectivity index is 1.81. The summed E-state index contributed by atoms with van der Waals surface area (Å²) >= 11 is 0. The number of benzene rings is 2. The maximum absolute atomic E-state index is 12.4. The van der Waals surface area contributed by atoms with Gasteiger partial charge in [0.1, 0.15) is 12.2 Å². The number of hydrogen-bond acceptors (Lipinski definition) is 7. The summed E-state index contributed by atoms with van der Waals surface area (Å²) in [4.78, 5) is 26.5. The second-order valence-electron chi connectivity index (χ2n) is 6.91. The molecule has 0 saturated heterocycles.